The van der Waals surface area contributed by atoms with Gasteiger partial charge >= 0.3 is 0 Å². The largest absolute Gasteiger partial charge is 0.409 e. The van der Waals surface area contributed by atoms with Gasteiger partial charge in [-0.1, -0.05) is 12.1 Å². The molecule has 1 fully saturated rings. The van der Waals surface area contributed by atoms with E-state index in [1.165, 1.54) is 0 Å². The van der Waals surface area contributed by atoms with E-state index in [1.54, 1.807) is 4.90 Å². The normalized spacial score (nSPS) is 20.5. The second kappa shape index (κ2) is 7.11. The molecule has 1 heterocycles. The molecule has 1 amide bonds. The Morgan fingerprint density at radius 3 is 2.94 bits per heavy atom. The lowest BCUT2D eigenvalue weighted by Crippen LogP contribution is -2.40. The molecule has 1 unspecified atom stereocenters. The molecule has 0 aliphatic carbocycles. The fourth-order valence-corrected chi connectivity index (χ4v) is 1.92. The van der Waals surface area contributed by atoms with Crippen LogP contribution >= 0.6 is 0 Å². The summed E-state index contributed by atoms with van der Waals surface area (Å²) in [6.07, 6.45) is 3.23. The first-order valence-electron chi connectivity index (χ1n) is 6.03. The summed E-state index contributed by atoms with van der Waals surface area (Å²) in [5, 5.41) is 11.4. The van der Waals surface area contributed by atoms with Crippen molar-refractivity contribution < 1.29 is 14.7 Å². The van der Waals surface area contributed by atoms with Crippen LogP contribution in [0.3, 0.4) is 0 Å². The first-order chi connectivity index (χ1) is 8.17. The number of nitrogens with zero attached hydrogens (tertiary/aromatic N) is 2. The van der Waals surface area contributed by atoms with Crippen LogP contribution in [0.15, 0.2) is 5.16 Å². The van der Waals surface area contributed by atoms with E-state index in [0.29, 0.717) is 13.0 Å². The predicted octanol–water partition coefficient (Wildman–Crippen LogP) is 0.540. The molecule has 1 atom stereocenters. The van der Waals surface area contributed by atoms with Crippen molar-refractivity contribution in [1.82, 2.24) is 4.90 Å². The van der Waals surface area contributed by atoms with Crippen LogP contribution < -0.4 is 5.73 Å². The van der Waals surface area contributed by atoms with Gasteiger partial charge in [0.15, 0.2) is 5.84 Å². The molecule has 0 saturated carbocycles. The Labute approximate surface area is 101 Å². The van der Waals surface area contributed by atoms with Crippen molar-refractivity contribution in [2.75, 3.05) is 19.7 Å². The zero-order chi connectivity index (χ0) is 12.7. The lowest BCUT2D eigenvalue weighted by molar-refractivity contribution is -0.132. The molecule has 0 radical (unpaired) electrons. The smallest absolute Gasteiger partial charge is 0.225 e. The first-order valence-corrected chi connectivity index (χ1v) is 6.03. The third-order valence-electron chi connectivity index (χ3n) is 2.75. The summed E-state index contributed by atoms with van der Waals surface area (Å²) in [6, 6.07) is 0. The minimum absolute atomic E-state index is 0.00495. The SMILES string of the molecule is CCCN(CC(N)=NO)C(=O)CC1CCCO1. The molecule has 0 bridgehead atoms. The Hall–Kier alpha value is -1.30. The molecule has 1 saturated heterocycles. The van der Waals surface area contributed by atoms with E-state index in [4.69, 9.17) is 15.7 Å². The van der Waals surface area contributed by atoms with Gasteiger partial charge in [0.1, 0.15) is 0 Å². The van der Waals surface area contributed by atoms with Gasteiger partial charge in [0.25, 0.3) is 0 Å². The topological polar surface area (TPSA) is 88.1 Å². The zero-order valence-corrected chi connectivity index (χ0v) is 10.3. The molecule has 1 rings (SSSR count). The molecule has 1 aliphatic heterocycles. The van der Waals surface area contributed by atoms with E-state index in [-0.39, 0.29) is 24.4 Å². The lowest BCUT2D eigenvalue weighted by Gasteiger charge is -2.22. The van der Waals surface area contributed by atoms with Crippen molar-refractivity contribution in [3.8, 4) is 0 Å². The third-order valence-corrected chi connectivity index (χ3v) is 2.75. The highest BCUT2D eigenvalue weighted by Crippen LogP contribution is 2.16. The fourth-order valence-electron chi connectivity index (χ4n) is 1.92. The number of nitrogens with two attached hydrogens (primary N) is 1. The maximum Gasteiger partial charge on any atom is 0.225 e. The summed E-state index contributed by atoms with van der Waals surface area (Å²) in [4.78, 5) is 13.6. The van der Waals surface area contributed by atoms with Crippen LogP contribution in [-0.2, 0) is 9.53 Å². The number of amides is 1. The Kier molecular flexibility index (Phi) is 5.76. The molecular weight excluding hydrogens is 222 g/mol. The van der Waals surface area contributed by atoms with Gasteiger partial charge in [-0.05, 0) is 19.3 Å². The first kappa shape index (κ1) is 13.8. The van der Waals surface area contributed by atoms with E-state index in [2.05, 4.69) is 5.16 Å². The highest BCUT2D eigenvalue weighted by molar-refractivity contribution is 5.87. The van der Waals surface area contributed by atoms with E-state index in [1.807, 2.05) is 6.92 Å². The van der Waals surface area contributed by atoms with Crippen molar-refractivity contribution in [3.05, 3.63) is 0 Å². The number of amidine groups is 1. The number of hydrogen-bond acceptors (Lipinski definition) is 4. The summed E-state index contributed by atoms with van der Waals surface area (Å²) in [5.41, 5.74) is 5.42. The minimum Gasteiger partial charge on any atom is -0.409 e. The minimum atomic E-state index is 0.00495. The van der Waals surface area contributed by atoms with E-state index in [9.17, 15) is 4.79 Å². The van der Waals surface area contributed by atoms with Gasteiger partial charge in [0.05, 0.1) is 19.1 Å². The average Bonchev–Trinajstić information content (AvgIpc) is 2.81. The van der Waals surface area contributed by atoms with Crippen LogP contribution in [0.5, 0.6) is 0 Å². The Balaban J connectivity index is 2.46. The van der Waals surface area contributed by atoms with Gasteiger partial charge in [-0.2, -0.15) is 0 Å². The molecule has 1 aliphatic rings. The van der Waals surface area contributed by atoms with Gasteiger partial charge in [0, 0.05) is 13.2 Å². The van der Waals surface area contributed by atoms with E-state index >= 15 is 0 Å². The number of oxime groups is 1. The molecule has 0 aromatic heterocycles. The Morgan fingerprint density at radius 1 is 1.65 bits per heavy atom. The molecule has 0 spiro atoms. The predicted molar refractivity (Wildman–Crippen MR) is 63.9 cm³/mol. The lowest BCUT2D eigenvalue weighted by atomic mass is 10.1. The number of carbonyl (C=O) groups excluding carboxylic acids is 1. The quantitative estimate of drug-likeness (QED) is 0.308. The van der Waals surface area contributed by atoms with Crippen molar-refractivity contribution in [2.45, 2.75) is 38.7 Å². The second-order valence-electron chi connectivity index (χ2n) is 4.25. The van der Waals surface area contributed by atoms with Gasteiger partial charge in [-0.3, -0.25) is 4.79 Å². The summed E-state index contributed by atoms with van der Waals surface area (Å²) in [7, 11) is 0. The van der Waals surface area contributed by atoms with Crippen LogP contribution in [0.4, 0.5) is 0 Å². The van der Waals surface area contributed by atoms with Crippen LogP contribution in [0, 0.1) is 0 Å². The molecule has 6 heteroatoms. The second-order valence-corrected chi connectivity index (χ2v) is 4.25. The fraction of sp³-hybridized carbons (Fsp3) is 0.818. The number of carbonyl (C=O) groups is 1. The Bertz CT molecular complexity index is 275. The maximum absolute atomic E-state index is 12.0. The van der Waals surface area contributed by atoms with Crippen LogP contribution in [-0.4, -0.2) is 47.7 Å². The molecule has 6 nitrogen and oxygen atoms in total. The molecule has 17 heavy (non-hydrogen) atoms. The molecule has 98 valence electrons. The molecule has 0 aromatic rings. The highest BCUT2D eigenvalue weighted by Gasteiger charge is 2.22. The van der Waals surface area contributed by atoms with Crippen molar-refractivity contribution >= 4 is 11.7 Å². The van der Waals surface area contributed by atoms with E-state index < -0.39 is 0 Å². The van der Waals surface area contributed by atoms with Crippen LogP contribution in [0.1, 0.15) is 32.6 Å². The monoisotopic (exact) mass is 243 g/mol. The molecule has 3 N–H and O–H groups in total. The van der Waals surface area contributed by atoms with E-state index in [0.717, 1.165) is 25.9 Å². The maximum atomic E-state index is 12.0. The van der Waals surface area contributed by atoms with Crippen molar-refractivity contribution in [2.24, 2.45) is 10.9 Å². The van der Waals surface area contributed by atoms with Crippen molar-refractivity contribution in [1.29, 1.82) is 0 Å². The molecule has 0 aromatic carbocycles. The molecular formula is C11H21N3O3. The average molecular weight is 243 g/mol. The summed E-state index contributed by atoms with van der Waals surface area (Å²) in [5.74, 6) is 0.0597. The highest BCUT2D eigenvalue weighted by atomic mass is 16.5. The number of rotatable bonds is 6. The van der Waals surface area contributed by atoms with Gasteiger partial charge in [-0.15, -0.1) is 0 Å². The summed E-state index contributed by atoms with van der Waals surface area (Å²) < 4.78 is 5.42. The van der Waals surface area contributed by atoms with Gasteiger partial charge in [-0.25, -0.2) is 0 Å². The summed E-state index contributed by atoms with van der Waals surface area (Å²) >= 11 is 0. The van der Waals surface area contributed by atoms with Gasteiger partial charge in [0.2, 0.25) is 5.91 Å². The number of ether oxygens (including phenoxy) is 1. The van der Waals surface area contributed by atoms with Crippen LogP contribution in [0.25, 0.3) is 0 Å². The number of hydrogen-bond donors (Lipinski definition) is 2. The third kappa shape index (κ3) is 4.60. The standard InChI is InChI=1S/C11H21N3O3/c1-2-5-14(8-10(12)13-16)11(15)7-9-4-3-6-17-9/h9,16H,2-8H2,1H3,(H2,12,13). The van der Waals surface area contributed by atoms with Gasteiger partial charge < -0.3 is 20.6 Å². The summed E-state index contributed by atoms with van der Waals surface area (Å²) in [6.45, 7) is 3.52. The zero-order valence-electron chi connectivity index (χ0n) is 10.3. The Morgan fingerprint density at radius 2 is 2.41 bits per heavy atom. The van der Waals surface area contributed by atoms with Crippen LogP contribution in [0.2, 0.25) is 0 Å². The van der Waals surface area contributed by atoms with Crippen molar-refractivity contribution in [3.63, 3.8) is 0 Å².